The van der Waals surface area contributed by atoms with Crippen LogP contribution in [0.5, 0.6) is 0 Å². The molecule has 0 saturated carbocycles. The van der Waals surface area contributed by atoms with Gasteiger partial charge in [-0.05, 0) is 31.9 Å². The highest BCUT2D eigenvalue weighted by Gasteiger charge is 2.15. The molecule has 2 heterocycles. The minimum absolute atomic E-state index is 0.257. The average Bonchev–Trinajstić information content (AvgIpc) is 2.67. The second kappa shape index (κ2) is 8.58. The van der Waals surface area contributed by atoms with Crippen molar-refractivity contribution < 1.29 is 4.79 Å². The van der Waals surface area contributed by atoms with Crippen molar-refractivity contribution in [2.45, 2.75) is 33.6 Å². The number of amides is 1. The molecule has 0 aliphatic rings. The number of aromatic nitrogens is 3. The predicted octanol–water partition coefficient (Wildman–Crippen LogP) is 4.21. The fourth-order valence-electron chi connectivity index (χ4n) is 3.10. The maximum atomic E-state index is 12.9. The summed E-state index contributed by atoms with van der Waals surface area (Å²) in [6.07, 6.45) is 3.76. The number of carbonyl (C=O) groups is 1. The van der Waals surface area contributed by atoms with E-state index in [-0.39, 0.29) is 5.91 Å². The van der Waals surface area contributed by atoms with Crippen molar-refractivity contribution in [3.63, 3.8) is 0 Å². The number of para-hydroxylation sites is 1. The molecule has 0 aliphatic heterocycles. The minimum atomic E-state index is -0.257. The highest BCUT2D eigenvalue weighted by atomic mass is 16.1. The molecule has 6 nitrogen and oxygen atoms in total. The standard InChI is InChI=1S/C21H25N5O/c1-4-12-26(13-5-2)19-14-18(23-15(3)24-19)21(27)25-17-10-6-8-16-9-7-11-22-20(16)17/h6-11,14H,4-5,12-13H2,1-3H3,(H,25,27). The average molecular weight is 363 g/mol. The van der Waals surface area contributed by atoms with Crippen LogP contribution in [0.25, 0.3) is 10.9 Å². The summed E-state index contributed by atoms with van der Waals surface area (Å²) in [5.74, 6) is 1.13. The quantitative estimate of drug-likeness (QED) is 0.681. The molecule has 0 saturated heterocycles. The number of nitrogens with zero attached hydrogens (tertiary/aromatic N) is 4. The van der Waals surface area contributed by atoms with Crippen LogP contribution >= 0.6 is 0 Å². The number of aryl methyl sites for hydroxylation is 1. The fourth-order valence-corrected chi connectivity index (χ4v) is 3.10. The molecule has 1 amide bonds. The van der Waals surface area contributed by atoms with E-state index in [9.17, 15) is 4.79 Å². The Balaban J connectivity index is 1.90. The first-order valence-corrected chi connectivity index (χ1v) is 9.38. The van der Waals surface area contributed by atoms with Crippen LogP contribution in [0.3, 0.4) is 0 Å². The molecule has 27 heavy (non-hydrogen) atoms. The third-order valence-electron chi connectivity index (χ3n) is 4.25. The van der Waals surface area contributed by atoms with E-state index in [1.165, 1.54) is 0 Å². The van der Waals surface area contributed by atoms with Gasteiger partial charge in [0.05, 0.1) is 11.2 Å². The summed E-state index contributed by atoms with van der Waals surface area (Å²) in [5, 5.41) is 3.93. The van der Waals surface area contributed by atoms with Gasteiger partial charge in [0.2, 0.25) is 0 Å². The lowest BCUT2D eigenvalue weighted by molar-refractivity contribution is 0.102. The number of hydrogen-bond acceptors (Lipinski definition) is 5. The van der Waals surface area contributed by atoms with E-state index in [1.54, 1.807) is 12.3 Å². The number of rotatable bonds is 7. The van der Waals surface area contributed by atoms with Crippen molar-refractivity contribution in [1.82, 2.24) is 15.0 Å². The van der Waals surface area contributed by atoms with Crippen LogP contribution in [-0.2, 0) is 0 Å². The summed E-state index contributed by atoms with van der Waals surface area (Å²) < 4.78 is 0. The van der Waals surface area contributed by atoms with Crippen LogP contribution in [-0.4, -0.2) is 33.9 Å². The second-order valence-corrected chi connectivity index (χ2v) is 6.48. The molecule has 1 aromatic carbocycles. The minimum Gasteiger partial charge on any atom is -0.357 e. The summed E-state index contributed by atoms with van der Waals surface area (Å²) in [7, 11) is 0. The van der Waals surface area contributed by atoms with E-state index in [4.69, 9.17) is 0 Å². The zero-order chi connectivity index (χ0) is 19.2. The third kappa shape index (κ3) is 4.39. The van der Waals surface area contributed by atoms with Crippen molar-refractivity contribution in [3.05, 3.63) is 54.1 Å². The molecular weight excluding hydrogens is 338 g/mol. The normalized spacial score (nSPS) is 10.8. The van der Waals surface area contributed by atoms with E-state index < -0.39 is 0 Å². The molecule has 0 bridgehead atoms. The van der Waals surface area contributed by atoms with Crippen LogP contribution in [0.2, 0.25) is 0 Å². The zero-order valence-electron chi connectivity index (χ0n) is 16.1. The van der Waals surface area contributed by atoms with E-state index in [0.29, 0.717) is 17.2 Å². The Bertz CT molecular complexity index is 930. The van der Waals surface area contributed by atoms with Gasteiger partial charge in [0.25, 0.3) is 5.91 Å². The molecule has 3 aromatic rings. The van der Waals surface area contributed by atoms with Crippen molar-refractivity contribution >= 4 is 28.3 Å². The lowest BCUT2D eigenvalue weighted by Gasteiger charge is -2.23. The molecule has 3 rings (SSSR count). The molecule has 0 radical (unpaired) electrons. The largest absolute Gasteiger partial charge is 0.357 e. The Hall–Kier alpha value is -3.02. The summed E-state index contributed by atoms with van der Waals surface area (Å²) in [5.41, 5.74) is 1.80. The summed E-state index contributed by atoms with van der Waals surface area (Å²) in [4.78, 5) is 28.3. The molecule has 0 aliphatic carbocycles. The summed E-state index contributed by atoms with van der Waals surface area (Å²) >= 11 is 0. The van der Waals surface area contributed by atoms with E-state index >= 15 is 0 Å². The molecule has 0 fully saturated rings. The number of hydrogen-bond donors (Lipinski definition) is 1. The van der Waals surface area contributed by atoms with Gasteiger partial charge in [-0.2, -0.15) is 0 Å². The number of anilines is 2. The number of fused-ring (bicyclic) bond motifs is 1. The van der Waals surface area contributed by atoms with E-state index in [2.05, 4.69) is 39.0 Å². The molecule has 140 valence electrons. The van der Waals surface area contributed by atoms with Gasteiger partial charge in [0.15, 0.2) is 0 Å². The highest BCUT2D eigenvalue weighted by Crippen LogP contribution is 2.22. The van der Waals surface area contributed by atoms with Gasteiger partial charge in [0.1, 0.15) is 17.3 Å². The first kappa shape index (κ1) is 18.8. The van der Waals surface area contributed by atoms with Crippen LogP contribution in [0.15, 0.2) is 42.6 Å². The van der Waals surface area contributed by atoms with Gasteiger partial charge in [-0.25, -0.2) is 9.97 Å². The van der Waals surface area contributed by atoms with Crippen LogP contribution in [0.1, 0.15) is 43.0 Å². The Morgan fingerprint density at radius 3 is 2.56 bits per heavy atom. The van der Waals surface area contributed by atoms with Crippen molar-refractivity contribution in [2.75, 3.05) is 23.3 Å². The maximum Gasteiger partial charge on any atom is 0.274 e. The molecule has 0 spiro atoms. The molecule has 6 heteroatoms. The third-order valence-corrected chi connectivity index (χ3v) is 4.25. The summed E-state index contributed by atoms with van der Waals surface area (Å²) in [6.45, 7) is 7.89. The Morgan fingerprint density at radius 2 is 1.81 bits per heavy atom. The maximum absolute atomic E-state index is 12.9. The first-order valence-electron chi connectivity index (χ1n) is 9.38. The van der Waals surface area contributed by atoms with Gasteiger partial charge in [-0.1, -0.05) is 32.0 Å². The second-order valence-electron chi connectivity index (χ2n) is 6.48. The van der Waals surface area contributed by atoms with Gasteiger partial charge < -0.3 is 10.2 Å². The van der Waals surface area contributed by atoms with E-state index in [1.807, 2.05) is 37.3 Å². The molecular formula is C21H25N5O. The topological polar surface area (TPSA) is 71.0 Å². The SMILES string of the molecule is CCCN(CCC)c1cc(C(=O)Nc2cccc3cccnc23)nc(C)n1. The van der Waals surface area contributed by atoms with Gasteiger partial charge >= 0.3 is 0 Å². The number of carbonyl (C=O) groups excluding carboxylic acids is 1. The van der Waals surface area contributed by atoms with Crippen molar-refractivity contribution in [2.24, 2.45) is 0 Å². The Kier molecular flexibility index (Phi) is 5.96. The molecule has 2 aromatic heterocycles. The van der Waals surface area contributed by atoms with Crippen molar-refractivity contribution in [1.29, 1.82) is 0 Å². The first-order chi connectivity index (χ1) is 13.1. The van der Waals surface area contributed by atoms with Gasteiger partial charge in [-0.15, -0.1) is 0 Å². The predicted molar refractivity (Wildman–Crippen MR) is 109 cm³/mol. The Morgan fingerprint density at radius 1 is 1.07 bits per heavy atom. The molecule has 0 unspecified atom stereocenters. The highest BCUT2D eigenvalue weighted by molar-refractivity contribution is 6.07. The summed E-state index contributed by atoms with van der Waals surface area (Å²) in [6, 6.07) is 11.3. The van der Waals surface area contributed by atoms with Crippen LogP contribution in [0, 0.1) is 6.92 Å². The smallest absolute Gasteiger partial charge is 0.274 e. The number of benzene rings is 1. The lowest BCUT2D eigenvalue weighted by atomic mass is 10.2. The monoisotopic (exact) mass is 363 g/mol. The van der Waals surface area contributed by atoms with Crippen molar-refractivity contribution in [3.8, 4) is 0 Å². The fraction of sp³-hybridized carbons (Fsp3) is 0.333. The van der Waals surface area contributed by atoms with Crippen LogP contribution < -0.4 is 10.2 Å². The van der Waals surface area contributed by atoms with E-state index in [0.717, 1.165) is 42.7 Å². The molecule has 0 atom stereocenters. The lowest BCUT2D eigenvalue weighted by Crippen LogP contribution is -2.27. The number of nitrogens with one attached hydrogen (secondary N) is 1. The zero-order valence-corrected chi connectivity index (χ0v) is 16.1. The van der Waals surface area contributed by atoms with Gasteiger partial charge in [0, 0.05) is 30.7 Å². The number of pyridine rings is 1. The Labute approximate surface area is 159 Å². The molecule has 1 N–H and O–H groups in total. The van der Waals surface area contributed by atoms with Gasteiger partial charge in [-0.3, -0.25) is 9.78 Å². The van der Waals surface area contributed by atoms with Crippen LogP contribution in [0.4, 0.5) is 11.5 Å².